The van der Waals surface area contributed by atoms with Crippen LogP contribution < -0.4 is 5.73 Å². The van der Waals surface area contributed by atoms with E-state index in [1.807, 2.05) is 19.1 Å². The Kier molecular flexibility index (Phi) is 7.83. The molecule has 1 aromatic rings. The highest BCUT2D eigenvalue weighted by molar-refractivity contribution is 5.25. The molecule has 0 heterocycles. The lowest BCUT2D eigenvalue weighted by molar-refractivity contribution is 0.358. The van der Waals surface area contributed by atoms with Crippen molar-refractivity contribution in [3.05, 3.63) is 35.6 Å². The maximum atomic E-state index is 13.9. The van der Waals surface area contributed by atoms with Gasteiger partial charge in [-0.1, -0.05) is 77.0 Å². The summed E-state index contributed by atoms with van der Waals surface area (Å²) in [6, 6.07) is 6.94. The summed E-state index contributed by atoms with van der Waals surface area (Å²) >= 11 is 0. The summed E-state index contributed by atoms with van der Waals surface area (Å²) in [5.74, 6) is -0.167. The van der Waals surface area contributed by atoms with Crippen LogP contribution in [0.25, 0.3) is 0 Å². The highest BCUT2D eigenvalue weighted by Crippen LogP contribution is 2.30. The monoisotopic (exact) mass is 279 g/mol. The highest BCUT2D eigenvalue weighted by Gasteiger charge is 2.27. The number of nitrogens with two attached hydrogens (primary N) is 1. The zero-order chi connectivity index (χ0) is 14.8. The molecule has 2 heteroatoms. The van der Waals surface area contributed by atoms with Crippen molar-refractivity contribution in [3.8, 4) is 0 Å². The van der Waals surface area contributed by atoms with Crippen LogP contribution in [0.15, 0.2) is 24.3 Å². The Labute approximate surface area is 123 Å². The van der Waals surface area contributed by atoms with E-state index in [1.165, 1.54) is 44.6 Å². The van der Waals surface area contributed by atoms with Gasteiger partial charge in [-0.25, -0.2) is 4.39 Å². The topological polar surface area (TPSA) is 26.0 Å². The minimum Gasteiger partial charge on any atom is -0.321 e. The summed E-state index contributed by atoms with van der Waals surface area (Å²) in [5, 5.41) is 0. The lowest BCUT2D eigenvalue weighted by atomic mass is 9.83. The predicted octanol–water partition coefficient (Wildman–Crippen LogP) is 5.53. The number of benzene rings is 1. The zero-order valence-corrected chi connectivity index (χ0v) is 13.1. The fourth-order valence-corrected chi connectivity index (χ4v) is 2.76. The van der Waals surface area contributed by atoms with E-state index in [2.05, 4.69) is 6.92 Å². The van der Waals surface area contributed by atoms with Crippen LogP contribution in [-0.2, 0) is 5.54 Å². The van der Waals surface area contributed by atoms with E-state index in [9.17, 15) is 4.39 Å². The minimum absolute atomic E-state index is 0.167. The van der Waals surface area contributed by atoms with E-state index in [-0.39, 0.29) is 5.82 Å². The third kappa shape index (κ3) is 5.24. The second-order valence-corrected chi connectivity index (χ2v) is 5.86. The first kappa shape index (κ1) is 17.2. The molecule has 0 bridgehead atoms. The molecule has 0 aliphatic rings. The second kappa shape index (κ2) is 9.12. The van der Waals surface area contributed by atoms with Crippen molar-refractivity contribution in [2.75, 3.05) is 0 Å². The van der Waals surface area contributed by atoms with Gasteiger partial charge in [-0.2, -0.15) is 0 Å². The van der Waals surface area contributed by atoms with Crippen LogP contribution in [-0.4, -0.2) is 0 Å². The summed E-state index contributed by atoms with van der Waals surface area (Å²) in [4.78, 5) is 0. The van der Waals surface area contributed by atoms with Crippen LogP contribution in [0.5, 0.6) is 0 Å². The van der Waals surface area contributed by atoms with Gasteiger partial charge in [0.15, 0.2) is 0 Å². The Balaban J connectivity index is 2.40. The minimum atomic E-state index is -0.505. The van der Waals surface area contributed by atoms with Crippen molar-refractivity contribution in [1.29, 1.82) is 0 Å². The van der Waals surface area contributed by atoms with Crippen LogP contribution in [0.3, 0.4) is 0 Å². The Morgan fingerprint density at radius 3 is 2.15 bits per heavy atom. The van der Waals surface area contributed by atoms with E-state index in [0.29, 0.717) is 5.56 Å². The average molecular weight is 279 g/mol. The largest absolute Gasteiger partial charge is 0.321 e. The molecule has 1 nitrogen and oxygen atoms in total. The van der Waals surface area contributed by atoms with Crippen LogP contribution in [0.1, 0.15) is 77.2 Å². The van der Waals surface area contributed by atoms with E-state index in [1.54, 1.807) is 6.07 Å². The van der Waals surface area contributed by atoms with Gasteiger partial charge in [0.05, 0.1) is 0 Å². The molecular formula is C18H30FN. The van der Waals surface area contributed by atoms with Crippen molar-refractivity contribution < 1.29 is 4.39 Å². The van der Waals surface area contributed by atoms with Gasteiger partial charge in [-0.15, -0.1) is 0 Å². The molecule has 0 fully saturated rings. The van der Waals surface area contributed by atoms with Gasteiger partial charge in [0.2, 0.25) is 0 Å². The zero-order valence-electron chi connectivity index (χ0n) is 13.1. The van der Waals surface area contributed by atoms with E-state index in [4.69, 9.17) is 5.73 Å². The summed E-state index contributed by atoms with van der Waals surface area (Å²) in [5.41, 5.74) is 6.61. The molecule has 1 rings (SSSR count). The molecule has 20 heavy (non-hydrogen) atoms. The van der Waals surface area contributed by atoms with Gasteiger partial charge in [-0.3, -0.25) is 0 Å². The molecule has 0 aliphatic heterocycles. The number of rotatable bonds is 10. The van der Waals surface area contributed by atoms with Gasteiger partial charge in [0, 0.05) is 11.1 Å². The maximum Gasteiger partial charge on any atom is 0.128 e. The first-order valence-corrected chi connectivity index (χ1v) is 8.18. The van der Waals surface area contributed by atoms with Crippen LogP contribution in [0, 0.1) is 5.82 Å². The molecule has 0 aromatic heterocycles. The summed E-state index contributed by atoms with van der Waals surface area (Å²) in [7, 11) is 0. The SMILES string of the molecule is CCCCCCCCCC(N)(CC)c1ccccc1F. The standard InChI is InChI=1S/C18H30FN/c1-3-5-6-7-8-9-12-15-18(20,4-2)16-13-10-11-14-17(16)19/h10-11,13-14H,3-9,12,15,20H2,1-2H3. The van der Waals surface area contributed by atoms with E-state index >= 15 is 0 Å². The van der Waals surface area contributed by atoms with E-state index < -0.39 is 5.54 Å². The fourth-order valence-electron chi connectivity index (χ4n) is 2.76. The Morgan fingerprint density at radius 1 is 0.950 bits per heavy atom. The third-order valence-electron chi connectivity index (χ3n) is 4.27. The van der Waals surface area contributed by atoms with Gasteiger partial charge in [0.1, 0.15) is 5.82 Å². The van der Waals surface area contributed by atoms with Crippen molar-refractivity contribution in [2.24, 2.45) is 5.73 Å². The molecule has 1 atom stereocenters. The number of hydrogen-bond donors (Lipinski definition) is 1. The highest BCUT2D eigenvalue weighted by atomic mass is 19.1. The lowest BCUT2D eigenvalue weighted by Crippen LogP contribution is -2.36. The summed E-state index contributed by atoms with van der Waals surface area (Å²) < 4.78 is 13.9. The molecule has 0 saturated carbocycles. The van der Waals surface area contributed by atoms with Crippen molar-refractivity contribution >= 4 is 0 Å². The first-order chi connectivity index (χ1) is 9.64. The van der Waals surface area contributed by atoms with Crippen molar-refractivity contribution in [2.45, 2.75) is 77.2 Å². The quantitative estimate of drug-likeness (QED) is 0.560. The summed E-state index contributed by atoms with van der Waals surface area (Å²) in [6.07, 6.45) is 10.5. The molecule has 1 aromatic carbocycles. The van der Waals surface area contributed by atoms with Crippen LogP contribution in [0.4, 0.5) is 4.39 Å². The Morgan fingerprint density at radius 2 is 1.55 bits per heavy atom. The molecule has 1 unspecified atom stereocenters. The maximum absolute atomic E-state index is 13.9. The van der Waals surface area contributed by atoms with Gasteiger partial charge in [-0.05, 0) is 18.9 Å². The molecular weight excluding hydrogens is 249 g/mol. The summed E-state index contributed by atoms with van der Waals surface area (Å²) in [6.45, 7) is 4.28. The van der Waals surface area contributed by atoms with Crippen molar-refractivity contribution in [1.82, 2.24) is 0 Å². The number of halogens is 1. The molecule has 0 amide bonds. The van der Waals surface area contributed by atoms with Crippen molar-refractivity contribution in [3.63, 3.8) is 0 Å². The fraction of sp³-hybridized carbons (Fsp3) is 0.667. The average Bonchev–Trinajstić information content (AvgIpc) is 2.46. The third-order valence-corrected chi connectivity index (χ3v) is 4.27. The normalized spacial score (nSPS) is 14.2. The Hall–Kier alpha value is -0.890. The molecule has 0 spiro atoms. The predicted molar refractivity (Wildman–Crippen MR) is 85.2 cm³/mol. The molecule has 0 saturated heterocycles. The van der Waals surface area contributed by atoms with E-state index in [0.717, 1.165) is 19.3 Å². The smallest absolute Gasteiger partial charge is 0.128 e. The number of hydrogen-bond acceptors (Lipinski definition) is 1. The first-order valence-electron chi connectivity index (χ1n) is 8.18. The van der Waals surface area contributed by atoms with Crippen LogP contribution >= 0.6 is 0 Å². The number of unbranched alkanes of at least 4 members (excludes halogenated alkanes) is 6. The molecule has 114 valence electrons. The van der Waals surface area contributed by atoms with Gasteiger partial charge in [0.25, 0.3) is 0 Å². The van der Waals surface area contributed by atoms with Gasteiger partial charge >= 0.3 is 0 Å². The molecule has 0 radical (unpaired) electrons. The Bertz CT molecular complexity index is 377. The second-order valence-electron chi connectivity index (χ2n) is 5.86. The van der Waals surface area contributed by atoms with Gasteiger partial charge < -0.3 is 5.73 Å². The molecule has 2 N–H and O–H groups in total. The lowest BCUT2D eigenvalue weighted by Gasteiger charge is -2.29. The molecule has 0 aliphatic carbocycles. The van der Waals surface area contributed by atoms with Crippen LogP contribution in [0.2, 0.25) is 0 Å².